The third-order valence-corrected chi connectivity index (χ3v) is 5.54. The molecule has 1 amide bonds. The fourth-order valence-corrected chi connectivity index (χ4v) is 3.45. The van der Waals surface area contributed by atoms with Gasteiger partial charge in [0.05, 0.1) is 11.8 Å². The van der Waals surface area contributed by atoms with E-state index in [0.29, 0.717) is 5.56 Å². The van der Waals surface area contributed by atoms with Gasteiger partial charge in [0.1, 0.15) is 12.7 Å². The van der Waals surface area contributed by atoms with Crippen LogP contribution in [0.3, 0.4) is 0 Å². The first-order chi connectivity index (χ1) is 17.8. The summed E-state index contributed by atoms with van der Waals surface area (Å²) < 4.78 is 26.0. The van der Waals surface area contributed by atoms with Crippen LogP contribution in [-0.2, 0) is 42.9 Å². The largest absolute Gasteiger partial charge is 0.463 e. The van der Waals surface area contributed by atoms with Gasteiger partial charge in [0, 0.05) is 13.1 Å². The van der Waals surface area contributed by atoms with Crippen LogP contribution >= 0.6 is 0 Å². The minimum atomic E-state index is -1.45. The van der Waals surface area contributed by atoms with E-state index in [1.807, 2.05) is 0 Å². The van der Waals surface area contributed by atoms with Crippen molar-refractivity contribution in [1.82, 2.24) is 10.3 Å². The van der Waals surface area contributed by atoms with E-state index in [1.54, 1.807) is 27.7 Å². The number of cyclic esters (lactones) is 2. The first-order valence-electron chi connectivity index (χ1n) is 12.0. The molecule has 0 aromatic carbocycles. The Labute approximate surface area is 219 Å². The third kappa shape index (κ3) is 7.98. The fraction of sp³-hybridized carbons (Fsp3) is 0.560. The smallest absolute Gasteiger partial charge is 0.349 e. The maximum Gasteiger partial charge on any atom is 0.349 e. The van der Waals surface area contributed by atoms with Crippen molar-refractivity contribution in [3.8, 4) is 5.75 Å². The molecule has 1 aliphatic rings. The van der Waals surface area contributed by atoms with Crippen molar-refractivity contribution in [3.63, 3.8) is 0 Å². The predicted molar refractivity (Wildman–Crippen MR) is 128 cm³/mol. The molecule has 0 radical (unpaired) electrons. The number of carbonyl (C=O) groups is 6. The molecule has 0 aliphatic carbocycles. The highest BCUT2D eigenvalue weighted by atomic mass is 16.6. The Morgan fingerprint density at radius 3 is 2.47 bits per heavy atom. The number of rotatable bonds is 8. The minimum Gasteiger partial charge on any atom is -0.463 e. The van der Waals surface area contributed by atoms with E-state index in [1.165, 1.54) is 19.2 Å². The number of hydrogen-bond donors (Lipinski definition) is 1. The molecule has 2 heterocycles. The maximum absolute atomic E-state index is 13.1. The molecule has 4 atom stereocenters. The summed E-state index contributed by atoms with van der Waals surface area (Å²) in [6.45, 7) is 7.83. The lowest BCUT2D eigenvalue weighted by atomic mass is 9.95. The number of aromatic nitrogens is 1. The zero-order valence-electron chi connectivity index (χ0n) is 22.1. The van der Waals surface area contributed by atoms with Crippen molar-refractivity contribution >= 4 is 35.8 Å². The normalized spacial score (nSPS) is 21.7. The standard InChI is InChI=1S/C25H32N2O11/c1-7-16-21(38-23(31)12(2)3)14(5)36-25(33)17(10-35-24(16)32)27-22(30)19-20(13(4)8-9-26-19)37-18(29)11-34-15(6)28/h8-9,12,14,16-17,21H,7,10-11H2,1-6H3,(H,27,30)/t14-,16+,17-,21-/m0/s1. The van der Waals surface area contributed by atoms with Crippen LogP contribution in [0.2, 0.25) is 0 Å². The fourth-order valence-electron chi connectivity index (χ4n) is 3.45. The molecule has 208 valence electrons. The lowest BCUT2D eigenvalue weighted by Crippen LogP contribution is -2.47. The second kappa shape index (κ2) is 13.5. The van der Waals surface area contributed by atoms with Gasteiger partial charge in [-0.2, -0.15) is 0 Å². The summed E-state index contributed by atoms with van der Waals surface area (Å²) in [6, 6.07) is 0.0322. The molecular formula is C25H32N2O11. The summed E-state index contributed by atoms with van der Waals surface area (Å²) in [5.41, 5.74) is 0.0161. The molecule has 1 saturated heterocycles. The number of nitrogens with zero attached hydrogens (tertiary/aromatic N) is 1. The van der Waals surface area contributed by atoms with Crippen LogP contribution in [0.4, 0.5) is 0 Å². The van der Waals surface area contributed by atoms with Crippen molar-refractivity contribution in [2.24, 2.45) is 11.8 Å². The molecule has 38 heavy (non-hydrogen) atoms. The first-order valence-corrected chi connectivity index (χ1v) is 12.0. The lowest BCUT2D eigenvalue weighted by Gasteiger charge is -2.29. The van der Waals surface area contributed by atoms with Gasteiger partial charge in [-0.25, -0.2) is 14.6 Å². The van der Waals surface area contributed by atoms with Crippen molar-refractivity contribution in [3.05, 3.63) is 23.5 Å². The number of amides is 1. The van der Waals surface area contributed by atoms with Gasteiger partial charge in [0.2, 0.25) is 0 Å². The number of esters is 5. The molecule has 1 aromatic rings. The van der Waals surface area contributed by atoms with Gasteiger partial charge in [-0.3, -0.25) is 19.2 Å². The number of nitrogens with one attached hydrogen (secondary N) is 1. The zero-order valence-corrected chi connectivity index (χ0v) is 22.1. The second-order valence-corrected chi connectivity index (χ2v) is 8.93. The topological polar surface area (TPSA) is 173 Å². The van der Waals surface area contributed by atoms with Crippen molar-refractivity contribution < 1.29 is 52.5 Å². The zero-order chi connectivity index (χ0) is 28.6. The van der Waals surface area contributed by atoms with Gasteiger partial charge >= 0.3 is 29.8 Å². The monoisotopic (exact) mass is 536 g/mol. The molecule has 0 unspecified atom stereocenters. The molecule has 1 aliphatic heterocycles. The highest BCUT2D eigenvalue weighted by Crippen LogP contribution is 2.24. The van der Waals surface area contributed by atoms with Crippen molar-refractivity contribution in [2.45, 2.75) is 66.2 Å². The van der Waals surface area contributed by atoms with Crippen LogP contribution < -0.4 is 10.1 Å². The maximum atomic E-state index is 13.1. The Morgan fingerprint density at radius 2 is 1.87 bits per heavy atom. The second-order valence-electron chi connectivity index (χ2n) is 8.93. The van der Waals surface area contributed by atoms with Crippen LogP contribution in [0.15, 0.2) is 12.3 Å². The average molecular weight is 537 g/mol. The van der Waals surface area contributed by atoms with E-state index in [-0.39, 0.29) is 17.9 Å². The molecule has 0 spiro atoms. The molecule has 2 rings (SSSR count). The number of aryl methyl sites for hydroxylation is 1. The van der Waals surface area contributed by atoms with E-state index < -0.39 is 79.1 Å². The van der Waals surface area contributed by atoms with Crippen LogP contribution in [-0.4, -0.2) is 72.2 Å². The van der Waals surface area contributed by atoms with E-state index in [2.05, 4.69) is 15.0 Å². The van der Waals surface area contributed by atoms with Gasteiger partial charge < -0.3 is 29.0 Å². The van der Waals surface area contributed by atoms with Crippen LogP contribution in [0.25, 0.3) is 0 Å². The Bertz CT molecular complexity index is 1090. The summed E-state index contributed by atoms with van der Waals surface area (Å²) in [5.74, 6) is -6.43. The van der Waals surface area contributed by atoms with Crippen LogP contribution in [0.5, 0.6) is 5.75 Å². The minimum absolute atomic E-state index is 0.212. The Balaban J connectivity index is 2.26. The van der Waals surface area contributed by atoms with Crippen molar-refractivity contribution in [2.75, 3.05) is 13.2 Å². The van der Waals surface area contributed by atoms with E-state index in [9.17, 15) is 28.8 Å². The van der Waals surface area contributed by atoms with Gasteiger partial charge in [-0.15, -0.1) is 0 Å². The third-order valence-electron chi connectivity index (χ3n) is 5.54. The SMILES string of the molecule is CC[C@H]1C(=O)OC[C@H](NC(=O)c2nccc(C)c2OC(=O)COC(C)=O)C(=O)O[C@@H](C)[C@@H]1OC(=O)C(C)C. The molecule has 13 nitrogen and oxygen atoms in total. The molecule has 1 N–H and O–H groups in total. The summed E-state index contributed by atoms with van der Waals surface area (Å²) in [4.78, 5) is 78.0. The van der Waals surface area contributed by atoms with E-state index in [4.69, 9.17) is 18.9 Å². The Hall–Kier alpha value is -4.03. The summed E-state index contributed by atoms with van der Waals surface area (Å²) in [6.07, 6.45) is -0.600. The van der Waals surface area contributed by atoms with Gasteiger partial charge in [0.25, 0.3) is 5.91 Å². The predicted octanol–water partition coefficient (Wildman–Crippen LogP) is 1.04. The number of carbonyl (C=O) groups excluding carboxylic acids is 6. The molecule has 0 bridgehead atoms. The first kappa shape index (κ1) is 30.2. The van der Waals surface area contributed by atoms with Gasteiger partial charge in [0.15, 0.2) is 30.2 Å². The van der Waals surface area contributed by atoms with Crippen LogP contribution in [0.1, 0.15) is 57.1 Å². The summed E-state index contributed by atoms with van der Waals surface area (Å²) in [7, 11) is 0. The molecular weight excluding hydrogens is 504 g/mol. The summed E-state index contributed by atoms with van der Waals surface area (Å²) >= 11 is 0. The number of ether oxygens (including phenoxy) is 5. The number of hydrogen-bond acceptors (Lipinski definition) is 12. The van der Waals surface area contributed by atoms with E-state index >= 15 is 0 Å². The lowest BCUT2D eigenvalue weighted by molar-refractivity contribution is -0.176. The van der Waals surface area contributed by atoms with Crippen LogP contribution in [0, 0.1) is 18.8 Å². The molecule has 1 aromatic heterocycles. The van der Waals surface area contributed by atoms with Gasteiger partial charge in [-0.1, -0.05) is 20.8 Å². The van der Waals surface area contributed by atoms with Crippen molar-refractivity contribution in [1.29, 1.82) is 0 Å². The van der Waals surface area contributed by atoms with Gasteiger partial charge in [-0.05, 0) is 31.9 Å². The quantitative estimate of drug-likeness (QED) is 0.370. The summed E-state index contributed by atoms with van der Waals surface area (Å²) in [5, 5.41) is 2.38. The Kier molecular flexibility index (Phi) is 10.7. The average Bonchev–Trinajstić information content (AvgIpc) is 2.88. The highest BCUT2D eigenvalue weighted by Gasteiger charge is 2.41. The molecule has 0 saturated carbocycles. The molecule has 13 heteroatoms. The highest BCUT2D eigenvalue weighted by molar-refractivity contribution is 5.98. The Morgan fingerprint density at radius 1 is 1.18 bits per heavy atom. The molecule has 1 fully saturated rings. The van der Waals surface area contributed by atoms with E-state index in [0.717, 1.165) is 6.92 Å². The number of pyridine rings is 1.